The summed E-state index contributed by atoms with van der Waals surface area (Å²) in [5.41, 5.74) is -1.74. The van der Waals surface area contributed by atoms with Crippen LogP contribution in [0.3, 0.4) is 0 Å². The van der Waals surface area contributed by atoms with Crippen LogP contribution in [0.2, 0.25) is 0 Å². The molecule has 0 bridgehead atoms. The van der Waals surface area contributed by atoms with Crippen LogP contribution in [-0.2, 0) is 23.7 Å². The second kappa shape index (κ2) is 14.1. The Morgan fingerprint density at radius 1 is 0.722 bits per heavy atom. The average molecular weight is 767 g/mol. The van der Waals surface area contributed by atoms with Gasteiger partial charge in [-0.2, -0.15) is 0 Å². The molecule has 0 aromatic carbocycles. The number of hydrogen-bond donors (Lipinski definition) is 7. The molecule has 0 amide bonds. The first-order valence-electron chi connectivity index (χ1n) is 21.1. The molecule has 7 aliphatic rings. The molecule has 0 radical (unpaired) electrons. The number of esters is 1. The molecule has 0 unspecified atom stereocenters. The third-order valence-corrected chi connectivity index (χ3v) is 17.6. The normalized spacial score (nSPS) is 55.6. The van der Waals surface area contributed by atoms with Crippen molar-refractivity contribution in [2.75, 3.05) is 6.61 Å². The summed E-state index contributed by atoms with van der Waals surface area (Å²) in [5, 5.41) is 73.8. The zero-order valence-corrected chi connectivity index (χ0v) is 33.8. The fourth-order valence-corrected chi connectivity index (χ4v) is 14.7. The van der Waals surface area contributed by atoms with Crippen molar-refractivity contribution in [2.24, 2.45) is 62.6 Å². The fraction of sp³-hybridized carbons (Fsp3) is 0.976. The van der Waals surface area contributed by atoms with Gasteiger partial charge in [-0.1, -0.05) is 48.5 Å². The van der Waals surface area contributed by atoms with E-state index in [1.54, 1.807) is 6.92 Å². The summed E-state index contributed by atoms with van der Waals surface area (Å²) >= 11 is 0. The van der Waals surface area contributed by atoms with Crippen LogP contribution in [0.25, 0.3) is 0 Å². The molecule has 2 aliphatic heterocycles. The number of hydrogen-bond acceptors (Lipinski definition) is 12. The van der Waals surface area contributed by atoms with Crippen molar-refractivity contribution in [1.29, 1.82) is 0 Å². The fourth-order valence-electron chi connectivity index (χ4n) is 14.7. The van der Waals surface area contributed by atoms with Crippen LogP contribution in [0.4, 0.5) is 0 Å². The Hall–Kier alpha value is -0.930. The predicted octanol–water partition coefficient (Wildman–Crippen LogP) is 3.28. The molecule has 20 atom stereocenters. The summed E-state index contributed by atoms with van der Waals surface area (Å²) < 4.78 is 24.6. The summed E-state index contributed by atoms with van der Waals surface area (Å²) in [5.74, 6) is 1.31. The first kappa shape index (κ1) is 41.2. The maximum absolute atomic E-state index is 15.4. The molecule has 7 fully saturated rings. The number of aliphatic hydroxyl groups is 7. The minimum absolute atomic E-state index is 0.0614. The molecule has 12 heteroatoms. The topological polar surface area (TPSA) is 196 Å². The lowest BCUT2D eigenvalue weighted by Gasteiger charge is -2.72. The predicted molar refractivity (Wildman–Crippen MR) is 196 cm³/mol. The SMILES string of the molecule is CC(C)[C@@H]1CC[C@]2(C)CC[C@]3(C(=O)O[C@@H]4O[C@H](CO)[C@@H](O)[C@H](O)[C@H]4O)[C@H](CC[C@@H]4[C@@]5(C)CC[C@H](O[C@@H]6O[C@@H](C)[C@H](O)[C@@H](O)[C@H]6O)C(C)(C)[C@@H]5CC[C@]43C)[C@@H]12. The van der Waals surface area contributed by atoms with Gasteiger partial charge in [0.05, 0.1) is 24.2 Å². The van der Waals surface area contributed by atoms with Crippen LogP contribution in [0.15, 0.2) is 0 Å². The molecular weight excluding hydrogens is 696 g/mol. The molecule has 2 heterocycles. The van der Waals surface area contributed by atoms with Gasteiger partial charge in [0.15, 0.2) is 6.29 Å². The first-order valence-corrected chi connectivity index (χ1v) is 21.1. The van der Waals surface area contributed by atoms with Gasteiger partial charge >= 0.3 is 5.97 Å². The van der Waals surface area contributed by atoms with Gasteiger partial charge in [0.25, 0.3) is 0 Å². The number of rotatable bonds is 6. The zero-order chi connectivity index (χ0) is 39.5. The van der Waals surface area contributed by atoms with E-state index in [9.17, 15) is 35.7 Å². The number of carbonyl (C=O) groups excluding carboxylic acids is 1. The largest absolute Gasteiger partial charge is 0.432 e. The molecule has 0 spiro atoms. The van der Waals surface area contributed by atoms with Gasteiger partial charge in [-0.25, -0.2) is 0 Å². The third kappa shape index (κ3) is 5.84. The number of carbonyl (C=O) groups is 1. The van der Waals surface area contributed by atoms with Crippen molar-refractivity contribution in [3.63, 3.8) is 0 Å². The Labute approximate surface area is 321 Å². The Morgan fingerprint density at radius 3 is 2.06 bits per heavy atom. The van der Waals surface area contributed by atoms with E-state index in [1.165, 1.54) is 0 Å². The molecule has 310 valence electrons. The lowest BCUT2D eigenvalue weighted by molar-refractivity contribution is -0.328. The van der Waals surface area contributed by atoms with E-state index in [4.69, 9.17) is 18.9 Å². The first-order chi connectivity index (χ1) is 25.2. The van der Waals surface area contributed by atoms with Crippen molar-refractivity contribution < 1.29 is 59.5 Å². The minimum Gasteiger partial charge on any atom is -0.432 e. The Balaban J connectivity index is 1.23. The Bertz CT molecular complexity index is 1390. The van der Waals surface area contributed by atoms with E-state index in [0.717, 1.165) is 51.4 Å². The molecular formula is C42H70O12. The second-order valence-corrected chi connectivity index (χ2v) is 20.6. The van der Waals surface area contributed by atoms with Gasteiger partial charge in [0.1, 0.15) is 42.7 Å². The van der Waals surface area contributed by atoms with Gasteiger partial charge in [-0.3, -0.25) is 4.79 Å². The maximum atomic E-state index is 15.4. The van der Waals surface area contributed by atoms with E-state index in [0.29, 0.717) is 30.6 Å². The molecule has 5 aliphatic carbocycles. The van der Waals surface area contributed by atoms with Crippen molar-refractivity contribution in [3.05, 3.63) is 0 Å². The summed E-state index contributed by atoms with van der Waals surface area (Å²) in [4.78, 5) is 15.4. The van der Waals surface area contributed by atoms with Crippen LogP contribution in [-0.4, -0.2) is 116 Å². The molecule has 0 aromatic rings. The zero-order valence-electron chi connectivity index (χ0n) is 33.8. The van der Waals surface area contributed by atoms with Gasteiger partial charge in [-0.15, -0.1) is 0 Å². The highest BCUT2D eigenvalue weighted by Gasteiger charge is 2.75. The lowest BCUT2D eigenvalue weighted by atomic mass is 9.32. The second-order valence-electron chi connectivity index (χ2n) is 20.6. The van der Waals surface area contributed by atoms with E-state index in [2.05, 4.69) is 48.5 Å². The standard InChI is InChI=1S/C42H70O12/c1-20(2)22-11-14-39(6)17-18-42(37(50)54-36-34(49)32(47)30(45)24(19-43)52-36)23(28(22)39)9-10-26-40(7)15-13-27(38(4,5)25(40)12-16-41(26,42)8)53-35-33(48)31(46)29(44)21(3)51-35/h20-36,43-49H,9-19H2,1-8H3/t21-,22-,23+,24+,25-,26+,27-,28+,29-,30+,31+,32-,33+,34+,35-,36-,39+,40-,41+,42+/m0/s1. The maximum Gasteiger partial charge on any atom is 0.315 e. The Kier molecular flexibility index (Phi) is 10.8. The van der Waals surface area contributed by atoms with Gasteiger partial charge < -0.3 is 54.7 Å². The van der Waals surface area contributed by atoms with Gasteiger partial charge in [0, 0.05) is 0 Å². The lowest BCUT2D eigenvalue weighted by Crippen LogP contribution is -2.70. The summed E-state index contributed by atoms with van der Waals surface area (Å²) in [6.45, 7) is 17.3. The van der Waals surface area contributed by atoms with Crippen LogP contribution >= 0.6 is 0 Å². The molecule has 7 rings (SSSR count). The van der Waals surface area contributed by atoms with E-state index in [1.807, 2.05) is 0 Å². The number of aliphatic hydroxyl groups excluding tert-OH is 7. The highest BCUT2D eigenvalue weighted by Crippen LogP contribution is 2.78. The highest BCUT2D eigenvalue weighted by molar-refractivity contribution is 5.79. The highest BCUT2D eigenvalue weighted by atomic mass is 16.7. The smallest absolute Gasteiger partial charge is 0.315 e. The third-order valence-electron chi connectivity index (χ3n) is 17.6. The van der Waals surface area contributed by atoms with Gasteiger partial charge in [0.2, 0.25) is 6.29 Å². The quantitative estimate of drug-likeness (QED) is 0.154. The molecule has 5 saturated carbocycles. The molecule has 0 aromatic heterocycles. The van der Waals surface area contributed by atoms with Crippen molar-refractivity contribution in [1.82, 2.24) is 0 Å². The summed E-state index contributed by atoms with van der Waals surface area (Å²) in [6.07, 6.45) is -4.64. The Morgan fingerprint density at radius 2 is 1.39 bits per heavy atom. The minimum atomic E-state index is -1.67. The van der Waals surface area contributed by atoms with Crippen molar-refractivity contribution in [3.8, 4) is 0 Å². The van der Waals surface area contributed by atoms with E-state index in [-0.39, 0.29) is 40.1 Å². The molecule has 12 nitrogen and oxygen atoms in total. The number of ether oxygens (including phenoxy) is 4. The molecule has 2 saturated heterocycles. The van der Waals surface area contributed by atoms with Crippen molar-refractivity contribution in [2.45, 2.75) is 187 Å². The van der Waals surface area contributed by atoms with Crippen LogP contribution in [0.1, 0.15) is 120 Å². The van der Waals surface area contributed by atoms with Crippen molar-refractivity contribution >= 4 is 5.97 Å². The van der Waals surface area contributed by atoms with E-state index >= 15 is 4.79 Å². The summed E-state index contributed by atoms with van der Waals surface area (Å²) in [6, 6.07) is 0. The van der Waals surface area contributed by atoms with Crippen LogP contribution in [0.5, 0.6) is 0 Å². The number of fused-ring (bicyclic) bond motifs is 7. The summed E-state index contributed by atoms with van der Waals surface area (Å²) in [7, 11) is 0. The van der Waals surface area contributed by atoms with Crippen LogP contribution in [0, 0.1) is 62.6 Å². The molecule has 7 N–H and O–H groups in total. The monoisotopic (exact) mass is 766 g/mol. The van der Waals surface area contributed by atoms with E-state index < -0.39 is 84.8 Å². The van der Waals surface area contributed by atoms with Gasteiger partial charge in [-0.05, 0) is 128 Å². The molecule has 54 heavy (non-hydrogen) atoms. The average Bonchev–Trinajstić information content (AvgIpc) is 3.48. The van der Waals surface area contributed by atoms with Crippen LogP contribution < -0.4 is 0 Å².